The number of aryl methyl sites for hydroxylation is 6. The summed E-state index contributed by atoms with van der Waals surface area (Å²) in [7, 11) is -10.9. The quantitative estimate of drug-likeness (QED) is 0.0814. The molecule has 5 aromatic carbocycles. The summed E-state index contributed by atoms with van der Waals surface area (Å²) in [6.45, 7) is 15.3. The zero-order valence-electron chi connectivity index (χ0n) is 41.4. The van der Waals surface area contributed by atoms with E-state index < -0.39 is 30.1 Å². The van der Waals surface area contributed by atoms with E-state index in [4.69, 9.17) is 18.5 Å². The fourth-order valence-corrected chi connectivity index (χ4v) is 11.9. The SMILES string of the molecule is CC(=O)c1cc(S(=O)(=O)NCc2ccc3c(c2)OCO3)cs1.Cc1ccc(CNS(=O)(=O)c2cc(-c3cc(C)no3)ccc2C)cc1.Cc1ccc(CNS(=O)(=O)c2cc(-c3onc(C)c3C)ccc2C)cc1. The van der Waals surface area contributed by atoms with Crippen molar-refractivity contribution in [3.8, 4) is 34.1 Å². The number of hydrogen-bond acceptors (Lipinski definition) is 14. The minimum Gasteiger partial charge on any atom is -0.454 e. The Hall–Kier alpha value is -6.78. The molecule has 9 rings (SSSR count). The lowest BCUT2D eigenvalue weighted by atomic mass is 10.1. The van der Waals surface area contributed by atoms with E-state index in [1.54, 1.807) is 62.4 Å². The monoisotopic (exact) mass is 1070 g/mol. The number of nitrogens with zero attached hydrogens (tertiary/aromatic N) is 2. The van der Waals surface area contributed by atoms with E-state index >= 15 is 0 Å². The molecule has 1 aliphatic heterocycles. The number of nitrogens with one attached hydrogen (secondary N) is 3. The first kappa shape index (κ1) is 54.0. The van der Waals surface area contributed by atoms with Gasteiger partial charge >= 0.3 is 0 Å². The van der Waals surface area contributed by atoms with Crippen molar-refractivity contribution in [2.45, 2.75) is 89.7 Å². The number of sulfonamides is 3. The van der Waals surface area contributed by atoms with Crippen LogP contribution in [-0.4, -0.2) is 48.1 Å². The summed E-state index contributed by atoms with van der Waals surface area (Å²) in [5.74, 6) is 2.24. The lowest BCUT2D eigenvalue weighted by Crippen LogP contribution is -2.24. The number of aromatic nitrogens is 2. The molecule has 0 bridgehead atoms. The predicted octanol–water partition coefficient (Wildman–Crippen LogP) is 9.96. The smallest absolute Gasteiger partial charge is 0.241 e. The van der Waals surface area contributed by atoms with E-state index in [0.29, 0.717) is 50.2 Å². The summed E-state index contributed by atoms with van der Waals surface area (Å²) in [4.78, 5) is 12.3. The van der Waals surface area contributed by atoms with Gasteiger partial charge in [0.1, 0.15) is 0 Å². The average molecular weight is 1070 g/mol. The Morgan fingerprint density at radius 1 is 0.562 bits per heavy atom. The van der Waals surface area contributed by atoms with Crippen LogP contribution in [0.1, 0.15) is 72.5 Å². The van der Waals surface area contributed by atoms with Crippen LogP contribution in [0, 0.1) is 48.5 Å². The molecule has 1 aliphatic rings. The highest BCUT2D eigenvalue weighted by atomic mass is 32.2. The van der Waals surface area contributed by atoms with Gasteiger partial charge in [-0.05, 0) is 114 Å². The molecule has 0 amide bonds. The minimum absolute atomic E-state index is 0.100. The van der Waals surface area contributed by atoms with Crippen molar-refractivity contribution in [1.82, 2.24) is 24.5 Å². The maximum absolute atomic E-state index is 12.8. The largest absolute Gasteiger partial charge is 0.454 e. The van der Waals surface area contributed by atoms with Crippen molar-refractivity contribution < 1.29 is 48.6 Å². The molecule has 3 N–H and O–H groups in total. The lowest BCUT2D eigenvalue weighted by molar-refractivity contribution is 0.102. The molecular formula is C53H55N5O11S4. The molecule has 0 atom stereocenters. The van der Waals surface area contributed by atoms with Crippen molar-refractivity contribution in [2.24, 2.45) is 0 Å². The lowest BCUT2D eigenvalue weighted by Gasteiger charge is -2.11. The molecule has 8 aromatic rings. The Morgan fingerprint density at radius 2 is 1.08 bits per heavy atom. The third-order valence-corrected chi connectivity index (χ3v) is 17.2. The number of fused-ring (bicyclic) bond motifs is 1. The summed E-state index contributed by atoms with van der Waals surface area (Å²) >= 11 is 1.12. The van der Waals surface area contributed by atoms with Gasteiger partial charge in [-0.1, -0.05) is 100 Å². The molecule has 4 heterocycles. The second-order valence-electron chi connectivity index (χ2n) is 17.4. The summed E-state index contributed by atoms with van der Waals surface area (Å²) in [5.41, 5.74) is 10.0. The molecule has 3 aromatic heterocycles. The highest BCUT2D eigenvalue weighted by Crippen LogP contribution is 2.33. The third-order valence-electron chi connectivity index (χ3n) is 11.6. The molecule has 0 fully saturated rings. The number of carbonyl (C=O) groups excluding carboxylic acids is 1. The normalized spacial score (nSPS) is 12.2. The van der Waals surface area contributed by atoms with Crippen molar-refractivity contribution in [1.29, 1.82) is 0 Å². The van der Waals surface area contributed by atoms with Crippen LogP contribution in [0.2, 0.25) is 0 Å². The molecular weight excluding hydrogens is 1010 g/mol. The second-order valence-corrected chi connectivity index (χ2v) is 23.5. The summed E-state index contributed by atoms with van der Waals surface area (Å²) < 4.78 is 104. The number of carbonyl (C=O) groups is 1. The first-order valence-corrected chi connectivity index (χ1v) is 28.1. The number of ether oxygens (including phenoxy) is 2. The predicted molar refractivity (Wildman–Crippen MR) is 279 cm³/mol. The number of ketones is 1. The molecule has 20 heteroatoms. The van der Waals surface area contributed by atoms with Crippen molar-refractivity contribution in [2.75, 3.05) is 6.79 Å². The maximum Gasteiger partial charge on any atom is 0.241 e. The molecule has 16 nitrogen and oxygen atoms in total. The van der Waals surface area contributed by atoms with Gasteiger partial charge < -0.3 is 18.5 Å². The second kappa shape index (κ2) is 23.0. The van der Waals surface area contributed by atoms with Crippen LogP contribution in [0.4, 0.5) is 0 Å². The van der Waals surface area contributed by atoms with Gasteiger partial charge in [-0.25, -0.2) is 39.4 Å². The molecule has 73 heavy (non-hydrogen) atoms. The Morgan fingerprint density at radius 3 is 1.60 bits per heavy atom. The summed E-state index contributed by atoms with van der Waals surface area (Å²) in [6, 6.07) is 34.4. The van der Waals surface area contributed by atoms with Gasteiger partial charge in [-0.3, -0.25) is 4.79 Å². The van der Waals surface area contributed by atoms with E-state index in [-0.39, 0.29) is 46.9 Å². The van der Waals surface area contributed by atoms with Gasteiger partial charge in [0.2, 0.25) is 36.9 Å². The number of rotatable bonds is 15. The summed E-state index contributed by atoms with van der Waals surface area (Å²) in [6.07, 6.45) is 0. The molecule has 382 valence electrons. The number of thiophene rings is 1. The fraction of sp³-hybridized carbons (Fsp3) is 0.226. The van der Waals surface area contributed by atoms with Crippen molar-refractivity contribution >= 4 is 47.2 Å². The summed E-state index contributed by atoms with van der Waals surface area (Å²) in [5, 5.41) is 9.26. The van der Waals surface area contributed by atoms with E-state index in [1.807, 2.05) is 95.3 Å². The number of hydrogen-bond donors (Lipinski definition) is 3. The first-order chi connectivity index (χ1) is 34.6. The topological polar surface area (TPSA) is 226 Å². The Labute approximate surface area is 429 Å². The highest BCUT2D eigenvalue weighted by Gasteiger charge is 2.22. The van der Waals surface area contributed by atoms with Crippen LogP contribution in [0.15, 0.2) is 144 Å². The molecule has 0 unspecified atom stereocenters. The average Bonchev–Trinajstić information content (AvgIpc) is 4.20. The van der Waals surface area contributed by atoms with Crippen molar-refractivity contribution in [3.05, 3.63) is 181 Å². The minimum atomic E-state index is -3.65. The molecule has 0 saturated carbocycles. The Balaban J connectivity index is 0.000000161. The zero-order chi connectivity index (χ0) is 52.7. The van der Waals surface area contributed by atoms with Gasteiger partial charge in [-0.15, -0.1) is 11.3 Å². The van der Waals surface area contributed by atoms with Crippen LogP contribution in [-0.2, 0) is 49.7 Å². The standard InChI is InChI=1S/C20H22N2O3S.C19H20N2O3S.C14H13NO5S2/c1-13-5-8-17(9-6-13)12-21-26(23,24)19-11-18(10-7-14(19)2)20-15(3)16(4)22-25-20;1-13-4-7-16(8-5-13)12-20-25(22,23)19-11-17(9-6-14(19)2)18-10-15(3)21-24-18;1-9(16)14-5-11(7-21-14)22(17,18)15-6-10-2-3-12-13(4-10)20-8-19-12/h5-11,21H,12H2,1-4H3;4-11,20H,12H2,1-3H3;2-5,7,15H,6,8H2,1H3. The van der Waals surface area contributed by atoms with Gasteiger partial charge in [0.05, 0.1) is 31.0 Å². The third kappa shape index (κ3) is 13.8. The van der Waals surface area contributed by atoms with Crippen LogP contribution in [0.5, 0.6) is 11.5 Å². The maximum atomic E-state index is 12.8. The highest BCUT2D eigenvalue weighted by molar-refractivity contribution is 7.90. The van der Waals surface area contributed by atoms with E-state index in [1.165, 1.54) is 18.4 Å². The van der Waals surface area contributed by atoms with Gasteiger partial charge in [0.15, 0.2) is 28.8 Å². The van der Waals surface area contributed by atoms with Crippen LogP contribution in [0.3, 0.4) is 0 Å². The Kier molecular flexibility index (Phi) is 17.0. The molecule has 0 saturated heterocycles. The molecule has 0 aliphatic carbocycles. The van der Waals surface area contributed by atoms with Crippen LogP contribution >= 0.6 is 11.3 Å². The number of benzene rings is 5. The van der Waals surface area contributed by atoms with Gasteiger partial charge in [0, 0.05) is 47.8 Å². The Bertz CT molecular complexity index is 3600. The molecule has 0 spiro atoms. The van der Waals surface area contributed by atoms with Gasteiger partial charge in [0.25, 0.3) is 0 Å². The van der Waals surface area contributed by atoms with E-state index in [2.05, 4.69) is 24.5 Å². The fourth-order valence-electron chi connectivity index (χ4n) is 7.14. The van der Waals surface area contributed by atoms with E-state index in [9.17, 15) is 30.0 Å². The van der Waals surface area contributed by atoms with Crippen molar-refractivity contribution in [3.63, 3.8) is 0 Å². The van der Waals surface area contributed by atoms with Gasteiger partial charge in [-0.2, -0.15) is 0 Å². The number of Topliss-reactive ketones (excluding diaryl/α,β-unsaturated/α-hetero) is 1. The zero-order valence-corrected chi connectivity index (χ0v) is 44.7. The van der Waals surface area contributed by atoms with Crippen LogP contribution in [0.25, 0.3) is 22.6 Å². The van der Waals surface area contributed by atoms with Crippen LogP contribution < -0.4 is 23.6 Å². The first-order valence-electron chi connectivity index (χ1n) is 22.7. The van der Waals surface area contributed by atoms with E-state index in [0.717, 1.165) is 56.1 Å². The molecule has 0 radical (unpaired) electrons.